The van der Waals surface area contributed by atoms with Crippen LogP contribution >= 0.6 is 0 Å². The molecule has 0 saturated heterocycles. The molecular weight excluding hydrogens is 236 g/mol. The van der Waals surface area contributed by atoms with Crippen LogP contribution < -0.4 is 0 Å². The third kappa shape index (κ3) is 2.83. The molecule has 0 aromatic carbocycles. The molecule has 0 heterocycles. The van der Waals surface area contributed by atoms with Gasteiger partial charge in [0.1, 0.15) is 0 Å². The number of carboxylic acid groups (broad SMARTS) is 1. The summed E-state index contributed by atoms with van der Waals surface area (Å²) in [4.78, 5) is 11.3. The van der Waals surface area contributed by atoms with Gasteiger partial charge in [0.05, 0.1) is 5.41 Å². The van der Waals surface area contributed by atoms with Crippen LogP contribution in [0.2, 0.25) is 0 Å². The molecule has 0 amide bonds. The first kappa shape index (κ1) is 13.5. The van der Waals surface area contributed by atoms with Crippen molar-refractivity contribution >= 4 is 5.97 Å². The van der Waals surface area contributed by atoms with Gasteiger partial charge in [-0.05, 0) is 56.3 Å². The van der Waals surface area contributed by atoms with Gasteiger partial charge in [0.25, 0.3) is 0 Å². The van der Waals surface area contributed by atoms with E-state index in [9.17, 15) is 9.90 Å². The summed E-state index contributed by atoms with van der Waals surface area (Å²) in [5.74, 6) is 1.75. The molecule has 5 aliphatic carbocycles. The summed E-state index contributed by atoms with van der Waals surface area (Å²) in [6, 6.07) is 0. The fraction of sp³-hybridized carbons (Fsp3) is 0.941. The van der Waals surface area contributed by atoms with Crippen LogP contribution in [0.1, 0.15) is 77.0 Å². The van der Waals surface area contributed by atoms with Gasteiger partial charge in [-0.25, -0.2) is 0 Å². The average Bonchev–Trinajstić information content (AvgIpc) is 2.40. The molecular formula is C17H28O2. The van der Waals surface area contributed by atoms with Crippen LogP contribution in [0.3, 0.4) is 0 Å². The lowest BCUT2D eigenvalue weighted by atomic mass is 9.49. The van der Waals surface area contributed by atoms with E-state index in [4.69, 9.17) is 0 Å². The highest BCUT2D eigenvalue weighted by molar-refractivity contribution is 5.75. The fourth-order valence-corrected chi connectivity index (χ4v) is 5.43. The maximum atomic E-state index is 11.3. The second-order valence-corrected chi connectivity index (χ2v) is 7.62. The Labute approximate surface area is 117 Å². The van der Waals surface area contributed by atoms with Crippen molar-refractivity contribution in [2.24, 2.45) is 23.2 Å². The molecule has 0 spiro atoms. The summed E-state index contributed by atoms with van der Waals surface area (Å²) in [5, 5.41) is 9.28. The molecule has 0 atom stereocenters. The Hall–Kier alpha value is -0.530. The van der Waals surface area contributed by atoms with Crippen molar-refractivity contribution in [3.8, 4) is 0 Å². The zero-order valence-corrected chi connectivity index (χ0v) is 12.1. The molecule has 0 radical (unpaired) electrons. The number of rotatable bonds is 1. The van der Waals surface area contributed by atoms with Crippen molar-refractivity contribution in [1.82, 2.24) is 0 Å². The van der Waals surface area contributed by atoms with Crippen LogP contribution in [0.5, 0.6) is 0 Å². The predicted molar refractivity (Wildman–Crippen MR) is 75.9 cm³/mol. The van der Waals surface area contributed by atoms with Crippen LogP contribution in [0.4, 0.5) is 0 Å². The highest BCUT2D eigenvalue weighted by atomic mass is 16.4. The number of carboxylic acids is 1. The molecule has 4 bridgehead atoms. The van der Waals surface area contributed by atoms with E-state index >= 15 is 0 Å². The normalized spacial score (nSPS) is 43.5. The average molecular weight is 264 g/mol. The van der Waals surface area contributed by atoms with Gasteiger partial charge in [0.2, 0.25) is 0 Å². The summed E-state index contributed by atoms with van der Waals surface area (Å²) < 4.78 is 0. The molecule has 0 aliphatic heterocycles. The maximum absolute atomic E-state index is 11.3. The minimum Gasteiger partial charge on any atom is -0.481 e. The molecule has 108 valence electrons. The van der Waals surface area contributed by atoms with E-state index in [1.807, 2.05) is 0 Å². The summed E-state index contributed by atoms with van der Waals surface area (Å²) in [5.41, 5.74) is -0.283. The zero-order valence-electron chi connectivity index (χ0n) is 12.1. The van der Waals surface area contributed by atoms with Crippen molar-refractivity contribution in [2.75, 3.05) is 0 Å². The maximum Gasteiger partial charge on any atom is 0.309 e. The summed E-state index contributed by atoms with van der Waals surface area (Å²) in [7, 11) is 0. The van der Waals surface area contributed by atoms with Gasteiger partial charge >= 0.3 is 5.97 Å². The van der Waals surface area contributed by atoms with Crippen molar-refractivity contribution in [1.29, 1.82) is 0 Å². The highest BCUT2D eigenvalue weighted by Gasteiger charge is 2.54. The van der Waals surface area contributed by atoms with Gasteiger partial charge in [0.15, 0.2) is 0 Å². The van der Waals surface area contributed by atoms with Crippen molar-refractivity contribution in [3.05, 3.63) is 0 Å². The molecule has 5 aliphatic rings. The Morgan fingerprint density at radius 1 is 0.737 bits per heavy atom. The smallest absolute Gasteiger partial charge is 0.309 e. The van der Waals surface area contributed by atoms with Crippen molar-refractivity contribution in [3.63, 3.8) is 0 Å². The Kier molecular flexibility index (Phi) is 3.86. The minimum atomic E-state index is -0.508. The van der Waals surface area contributed by atoms with Crippen LogP contribution in [-0.4, -0.2) is 11.1 Å². The van der Waals surface area contributed by atoms with Crippen LogP contribution in [0, 0.1) is 23.2 Å². The predicted octanol–water partition coefficient (Wildman–Crippen LogP) is 4.63. The monoisotopic (exact) mass is 264 g/mol. The molecule has 1 N–H and O–H groups in total. The van der Waals surface area contributed by atoms with Crippen LogP contribution in [-0.2, 0) is 4.79 Å². The highest BCUT2D eigenvalue weighted by Crippen LogP contribution is 2.59. The SMILES string of the molecule is C1CCCCC1.O=C(O)C12CC3CC(CC(C3)C1)C2. The molecule has 5 saturated carbocycles. The summed E-state index contributed by atoms with van der Waals surface area (Å²) in [6.45, 7) is 0. The fourth-order valence-electron chi connectivity index (χ4n) is 5.43. The molecule has 0 aromatic heterocycles. The van der Waals surface area contributed by atoms with E-state index in [0.29, 0.717) is 0 Å². The molecule has 0 unspecified atom stereocenters. The molecule has 2 nitrogen and oxygen atoms in total. The van der Waals surface area contributed by atoms with Crippen molar-refractivity contribution in [2.45, 2.75) is 77.0 Å². The largest absolute Gasteiger partial charge is 0.481 e. The Bertz CT molecular complexity index is 283. The Morgan fingerprint density at radius 3 is 1.32 bits per heavy atom. The second-order valence-electron chi connectivity index (χ2n) is 7.62. The number of hydrogen-bond acceptors (Lipinski definition) is 1. The molecule has 5 fully saturated rings. The topological polar surface area (TPSA) is 37.3 Å². The van der Waals surface area contributed by atoms with Gasteiger partial charge in [0, 0.05) is 0 Å². The van der Waals surface area contributed by atoms with E-state index in [1.165, 1.54) is 57.8 Å². The zero-order chi connectivity index (χ0) is 13.3. The standard InChI is InChI=1S/C11H16O2.C6H12/c12-10(13)11-4-7-1-8(5-11)3-9(2-7)6-11;1-2-4-6-5-3-1/h7-9H,1-6H2,(H,12,13);1-6H2. The second kappa shape index (κ2) is 5.46. The molecule has 2 heteroatoms. The Morgan fingerprint density at radius 2 is 1.05 bits per heavy atom. The minimum absolute atomic E-state index is 0.283. The molecule has 5 rings (SSSR count). The number of aliphatic carboxylic acids is 1. The first-order valence-electron chi connectivity index (χ1n) is 8.41. The van der Waals surface area contributed by atoms with Gasteiger partial charge in [-0.1, -0.05) is 38.5 Å². The molecule has 19 heavy (non-hydrogen) atoms. The first-order valence-corrected chi connectivity index (χ1v) is 8.41. The van der Waals surface area contributed by atoms with Gasteiger partial charge < -0.3 is 5.11 Å². The number of hydrogen-bond donors (Lipinski definition) is 1. The van der Waals surface area contributed by atoms with Gasteiger partial charge in [-0.15, -0.1) is 0 Å². The number of carbonyl (C=O) groups is 1. The van der Waals surface area contributed by atoms with E-state index < -0.39 is 5.97 Å². The third-order valence-electron chi connectivity index (χ3n) is 5.99. The lowest BCUT2D eigenvalue weighted by Gasteiger charge is -2.54. The van der Waals surface area contributed by atoms with Crippen molar-refractivity contribution < 1.29 is 9.90 Å². The molecule has 0 aromatic rings. The lowest BCUT2D eigenvalue weighted by Crippen LogP contribution is -2.49. The summed E-state index contributed by atoms with van der Waals surface area (Å²) in [6.07, 6.45) is 15.9. The summed E-state index contributed by atoms with van der Waals surface area (Å²) >= 11 is 0. The lowest BCUT2D eigenvalue weighted by molar-refractivity contribution is -0.164. The van der Waals surface area contributed by atoms with Gasteiger partial charge in [-0.3, -0.25) is 4.79 Å². The van der Waals surface area contributed by atoms with E-state index in [0.717, 1.165) is 37.0 Å². The van der Waals surface area contributed by atoms with E-state index in [-0.39, 0.29) is 5.41 Å². The Balaban J connectivity index is 0.000000155. The third-order valence-corrected chi connectivity index (χ3v) is 5.99. The van der Waals surface area contributed by atoms with Crippen LogP contribution in [0.25, 0.3) is 0 Å². The first-order chi connectivity index (χ1) is 9.18. The van der Waals surface area contributed by atoms with E-state index in [1.54, 1.807) is 0 Å². The quantitative estimate of drug-likeness (QED) is 0.750. The van der Waals surface area contributed by atoms with E-state index in [2.05, 4.69) is 0 Å². The van der Waals surface area contributed by atoms with Crippen LogP contribution in [0.15, 0.2) is 0 Å². The van der Waals surface area contributed by atoms with Gasteiger partial charge in [-0.2, -0.15) is 0 Å².